The average Bonchev–Trinajstić information content (AvgIpc) is 2.59. The van der Waals surface area contributed by atoms with Gasteiger partial charge in [0.25, 0.3) is 0 Å². The maximum atomic E-state index is 11.6. The largest absolute Gasteiger partial charge is 0.330 e. The van der Waals surface area contributed by atoms with Crippen molar-refractivity contribution in [2.75, 3.05) is 0 Å². The van der Waals surface area contributed by atoms with Crippen LogP contribution in [-0.4, -0.2) is 10.8 Å². The van der Waals surface area contributed by atoms with E-state index in [1.54, 1.807) is 6.92 Å². The van der Waals surface area contributed by atoms with Gasteiger partial charge in [-0.05, 0) is 18.1 Å². The number of hydrogen-bond acceptors (Lipinski definition) is 1. The molecule has 0 fully saturated rings. The zero-order chi connectivity index (χ0) is 10.1. The van der Waals surface area contributed by atoms with Gasteiger partial charge in [-0.2, -0.15) is 0 Å². The molecule has 1 aliphatic heterocycles. The second kappa shape index (κ2) is 3.29. The molecule has 0 unspecified atom stereocenters. The van der Waals surface area contributed by atoms with Gasteiger partial charge in [-0.15, -0.1) is 0 Å². The average molecular weight is 187 g/mol. The Hall–Kier alpha value is -1.57. The lowest BCUT2D eigenvalue weighted by atomic mass is 10.1. The molecule has 2 rings (SSSR count). The van der Waals surface area contributed by atoms with Gasteiger partial charge in [0.1, 0.15) is 0 Å². The molecule has 1 aromatic carbocycles. The van der Waals surface area contributed by atoms with Gasteiger partial charge in [0.15, 0.2) is 0 Å². The van der Waals surface area contributed by atoms with Crippen molar-refractivity contribution >= 4 is 5.91 Å². The summed E-state index contributed by atoms with van der Waals surface area (Å²) in [4.78, 5) is 13.5. The molecule has 14 heavy (non-hydrogen) atoms. The summed E-state index contributed by atoms with van der Waals surface area (Å²) in [5.41, 5.74) is 3.11. The van der Waals surface area contributed by atoms with Gasteiger partial charge in [0.05, 0.1) is 0 Å². The van der Waals surface area contributed by atoms with Crippen molar-refractivity contribution in [2.24, 2.45) is 0 Å². The first-order valence-corrected chi connectivity index (χ1v) is 4.70. The van der Waals surface area contributed by atoms with Crippen molar-refractivity contribution in [1.29, 1.82) is 0 Å². The van der Waals surface area contributed by atoms with Gasteiger partial charge in [0, 0.05) is 18.7 Å². The first-order valence-electron chi connectivity index (χ1n) is 4.70. The third-order valence-electron chi connectivity index (χ3n) is 2.49. The van der Waals surface area contributed by atoms with Crippen LogP contribution < -0.4 is 0 Å². The molecule has 0 atom stereocenters. The van der Waals surface area contributed by atoms with Crippen LogP contribution in [-0.2, 0) is 17.9 Å². The Morgan fingerprint density at radius 3 is 2.21 bits per heavy atom. The minimum Gasteiger partial charge on any atom is -0.330 e. The highest BCUT2D eigenvalue weighted by molar-refractivity contribution is 5.92. The van der Waals surface area contributed by atoms with E-state index in [9.17, 15) is 4.79 Å². The van der Waals surface area contributed by atoms with Crippen LogP contribution in [0.15, 0.2) is 36.4 Å². The lowest BCUT2D eigenvalue weighted by Gasteiger charge is -2.14. The summed E-state index contributed by atoms with van der Waals surface area (Å²) in [6.45, 7) is 6.87. The van der Waals surface area contributed by atoms with Gasteiger partial charge < -0.3 is 4.90 Å². The second-order valence-corrected chi connectivity index (χ2v) is 3.71. The lowest BCUT2D eigenvalue weighted by molar-refractivity contribution is -0.127. The standard InChI is InChI=1S/C12H13NO/c1-9(2)12(14)13-7-10-5-3-4-6-11(10)8-13/h3-6H,1,7-8H2,2H3. The van der Waals surface area contributed by atoms with Gasteiger partial charge in [-0.1, -0.05) is 30.8 Å². The quantitative estimate of drug-likeness (QED) is 0.616. The minimum atomic E-state index is 0.0567. The molecule has 0 spiro atoms. The summed E-state index contributed by atoms with van der Waals surface area (Å²) in [7, 11) is 0. The number of rotatable bonds is 1. The SMILES string of the molecule is C=C(C)C(=O)N1Cc2ccccc2C1. The number of hydrogen-bond donors (Lipinski definition) is 0. The molecule has 0 saturated carbocycles. The third kappa shape index (κ3) is 1.43. The Balaban J connectivity index is 2.20. The van der Waals surface area contributed by atoms with Crippen molar-refractivity contribution in [3.8, 4) is 0 Å². The predicted octanol–water partition coefficient (Wildman–Crippen LogP) is 2.10. The van der Waals surface area contributed by atoms with E-state index in [-0.39, 0.29) is 5.91 Å². The van der Waals surface area contributed by atoms with Crippen molar-refractivity contribution in [3.05, 3.63) is 47.5 Å². The zero-order valence-corrected chi connectivity index (χ0v) is 8.29. The van der Waals surface area contributed by atoms with Gasteiger partial charge in [0.2, 0.25) is 5.91 Å². The van der Waals surface area contributed by atoms with Crippen LogP contribution in [0.4, 0.5) is 0 Å². The molecular weight excluding hydrogens is 174 g/mol. The fraction of sp³-hybridized carbons (Fsp3) is 0.250. The summed E-state index contributed by atoms with van der Waals surface area (Å²) in [5.74, 6) is 0.0567. The Morgan fingerprint density at radius 1 is 1.29 bits per heavy atom. The van der Waals surface area contributed by atoms with Crippen LogP contribution in [0.25, 0.3) is 0 Å². The first-order chi connectivity index (χ1) is 6.68. The summed E-state index contributed by atoms with van der Waals surface area (Å²) in [5, 5.41) is 0. The predicted molar refractivity (Wildman–Crippen MR) is 55.5 cm³/mol. The summed E-state index contributed by atoms with van der Waals surface area (Å²) < 4.78 is 0. The molecular formula is C12H13NO. The first kappa shape index (κ1) is 9.00. The molecule has 0 bridgehead atoms. The molecule has 0 aromatic heterocycles. The van der Waals surface area contributed by atoms with Crippen molar-refractivity contribution in [3.63, 3.8) is 0 Å². The van der Waals surface area contributed by atoms with Gasteiger partial charge >= 0.3 is 0 Å². The van der Waals surface area contributed by atoms with E-state index in [1.165, 1.54) is 11.1 Å². The normalized spacial score (nSPS) is 13.9. The molecule has 2 heteroatoms. The fourth-order valence-corrected chi connectivity index (χ4v) is 1.75. The maximum Gasteiger partial charge on any atom is 0.249 e. The molecule has 0 N–H and O–H groups in total. The lowest BCUT2D eigenvalue weighted by Crippen LogP contribution is -2.25. The van der Waals surface area contributed by atoms with Gasteiger partial charge in [-0.25, -0.2) is 0 Å². The van der Waals surface area contributed by atoms with Crippen LogP contribution >= 0.6 is 0 Å². The van der Waals surface area contributed by atoms with Crippen LogP contribution in [0, 0.1) is 0 Å². The summed E-state index contributed by atoms with van der Waals surface area (Å²) in [6, 6.07) is 8.16. The maximum absolute atomic E-state index is 11.6. The second-order valence-electron chi connectivity index (χ2n) is 3.71. The highest BCUT2D eigenvalue weighted by Gasteiger charge is 2.22. The van der Waals surface area contributed by atoms with E-state index in [1.807, 2.05) is 17.0 Å². The number of fused-ring (bicyclic) bond motifs is 1. The highest BCUT2D eigenvalue weighted by atomic mass is 16.2. The smallest absolute Gasteiger partial charge is 0.249 e. The fourth-order valence-electron chi connectivity index (χ4n) is 1.75. The highest BCUT2D eigenvalue weighted by Crippen LogP contribution is 2.23. The van der Waals surface area contributed by atoms with Crippen LogP contribution in [0.5, 0.6) is 0 Å². The summed E-state index contributed by atoms with van der Waals surface area (Å²) in [6.07, 6.45) is 0. The monoisotopic (exact) mass is 187 g/mol. The number of benzene rings is 1. The molecule has 0 aliphatic carbocycles. The Morgan fingerprint density at radius 2 is 1.79 bits per heavy atom. The minimum absolute atomic E-state index is 0.0567. The third-order valence-corrected chi connectivity index (χ3v) is 2.49. The van der Waals surface area contributed by atoms with Crippen LogP contribution in [0.2, 0.25) is 0 Å². The van der Waals surface area contributed by atoms with Crippen molar-refractivity contribution in [2.45, 2.75) is 20.0 Å². The molecule has 2 nitrogen and oxygen atoms in total. The van der Waals surface area contributed by atoms with E-state index in [4.69, 9.17) is 0 Å². The van der Waals surface area contributed by atoms with E-state index in [0.717, 1.165) is 13.1 Å². The van der Waals surface area contributed by atoms with Crippen LogP contribution in [0.1, 0.15) is 18.1 Å². The van der Waals surface area contributed by atoms with Crippen molar-refractivity contribution < 1.29 is 4.79 Å². The molecule has 0 radical (unpaired) electrons. The van der Waals surface area contributed by atoms with Crippen LogP contribution in [0.3, 0.4) is 0 Å². The van der Waals surface area contributed by atoms with E-state index in [2.05, 4.69) is 18.7 Å². The molecule has 1 heterocycles. The molecule has 0 saturated heterocycles. The Labute approximate surface area is 83.8 Å². The summed E-state index contributed by atoms with van der Waals surface area (Å²) >= 11 is 0. The molecule has 1 amide bonds. The molecule has 1 aromatic rings. The van der Waals surface area contributed by atoms with Gasteiger partial charge in [-0.3, -0.25) is 4.79 Å². The number of carbonyl (C=O) groups excluding carboxylic acids is 1. The Kier molecular flexibility index (Phi) is 2.12. The van der Waals surface area contributed by atoms with E-state index in [0.29, 0.717) is 5.57 Å². The number of carbonyl (C=O) groups is 1. The van der Waals surface area contributed by atoms with Crippen molar-refractivity contribution in [1.82, 2.24) is 4.90 Å². The Bertz CT molecular complexity index is 370. The topological polar surface area (TPSA) is 20.3 Å². The van der Waals surface area contributed by atoms with E-state index >= 15 is 0 Å². The number of nitrogens with zero attached hydrogens (tertiary/aromatic N) is 1. The molecule has 72 valence electrons. The van der Waals surface area contributed by atoms with E-state index < -0.39 is 0 Å². The number of amides is 1. The molecule has 1 aliphatic rings. The zero-order valence-electron chi connectivity index (χ0n) is 8.29.